The Morgan fingerprint density at radius 2 is 1.74 bits per heavy atom. The molecule has 0 radical (unpaired) electrons. The average Bonchev–Trinajstić information content (AvgIpc) is 3.37. The second kappa shape index (κ2) is 12.5. The highest BCUT2D eigenvalue weighted by Gasteiger charge is 2.38. The topological polar surface area (TPSA) is 86.1 Å². The smallest absolute Gasteiger partial charge is 0.242 e. The van der Waals surface area contributed by atoms with Crippen LogP contribution in [0.1, 0.15) is 21.9 Å². The number of benzene rings is 3. The number of fused-ring (bicyclic) bond motifs is 1. The highest BCUT2D eigenvalue weighted by Crippen LogP contribution is 2.49. The number of methoxy groups -OCH3 is 2. The maximum absolute atomic E-state index is 14.0. The lowest BCUT2D eigenvalue weighted by Gasteiger charge is -2.30. The van der Waals surface area contributed by atoms with Gasteiger partial charge in [-0.05, 0) is 42.3 Å². The molecule has 1 saturated heterocycles. The second-order valence-electron chi connectivity index (χ2n) is 10.5. The van der Waals surface area contributed by atoms with Crippen molar-refractivity contribution in [2.45, 2.75) is 12.2 Å². The number of carbonyl (C=O) groups is 2. The van der Waals surface area contributed by atoms with Crippen LogP contribution in [0.15, 0.2) is 72.8 Å². The summed E-state index contributed by atoms with van der Waals surface area (Å²) in [5.41, 5.74) is 5.36. The summed E-state index contributed by atoms with van der Waals surface area (Å²) in [6.07, 6.45) is 0. The molecule has 43 heavy (non-hydrogen) atoms. The summed E-state index contributed by atoms with van der Waals surface area (Å²) in [7, 11) is 3.22. The molecule has 3 heterocycles. The second-order valence-corrected chi connectivity index (χ2v) is 11.6. The number of anilines is 1. The molecule has 4 aromatic rings. The first-order valence-corrected chi connectivity index (χ1v) is 15.3. The Kier molecular flexibility index (Phi) is 8.40. The molecule has 1 fully saturated rings. The molecular weight excluding hydrogens is 564 g/mol. The minimum atomic E-state index is -0.281. The van der Waals surface area contributed by atoms with Crippen molar-refractivity contribution in [3.05, 3.63) is 89.5 Å². The van der Waals surface area contributed by atoms with E-state index in [2.05, 4.69) is 0 Å². The first-order valence-electron chi connectivity index (χ1n) is 14.2. The van der Waals surface area contributed by atoms with E-state index in [1.54, 1.807) is 24.0 Å². The fraction of sp³-hybridized carbons (Fsp3) is 0.303. The Labute approximate surface area is 255 Å². The number of morpholine rings is 1. The lowest BCUT2D eigenvalue weighted by atomic mass is 9.99. The molecule has 0 saturated carbocycles. The van der Waals surface area contributed by atoms with Crippen molar-refractivity contribution in [3.63, 3.8) is 0 Å². The van der Waals surface area contributed by atoms with Gasteiger partial charge in [-0.1, -0.05) is 48.5 Å². The van der Waals surface area contributed by atoms with Gasteiger partial charge in [-0.2, -0.15) is 5.10 Å². The summed E-state index contributed by atoms with van der Waals surface area (Å²) in [6.45, 7) is 3.92. The van der Waals surface area contributed by atoms with Crippen molar-refractivity contribution >= 4 is 29.4 Å². The number of rotatable bonds is 7. The van der Waals surface area contributed by atoms with Gasteiger partial charge in [-0.15, -0.1) is 11.8 Å². The summed E-state index contributed by atoms with van der Waals surface area (Å²) in [4.78, 5) is 31.0. The Morgan fingerprint density at radius 3 is 2.47 bits per heavy atom. The monoisotopic (exact) mass is 598 g/mol. The van der Waals surface area contributed by atoms with Crippen molar-refractivity contribution < 1.29 is 23.8 Å². The number of aromatic nitrogens is 2. The van der Waals surface area contributed by atoms with Crippen LogP contribution in [0.25, 0.3) is 16.9 Å². The van der Waals surface area contributed by atoms with E-state index in [-0.39, 0.29) is 29.4 Å². The van der Waals surface area contributed by atoms with Crippen molar-refractivity contribution in [1.82, 2.24) is 14.7 Å². The maximum atomic E-state index is 14.0. The highest BCUT2D eigenvalue weighted by molar-refractivity contribution is 8.00. The Balaban J connectivity index is 1.59. The Morgan fingerprint density at radius 1 is 0.977 bits per heavy atom. The summed E-state index contributed by atoms with van der Waals surface area (Å²) < 4.78 is 18.5. The van der Waals surface area contributed by atoms with Crippen LogP contribution in [0.5, 0.6) is 11.5 Å². The number of aryl methyl sites for hydroxylation is 1. The summed E-state index contributed by atoms with van der Waals surface area (Å²) in [6, 6.07) is 23.8. The van der Waals surface area contributed by atoms with Crippen LogP contribution in [-0.4, -0.2) is 79.3 Å². The number of thioether (sulfide) groups is 1. The maximum Gasteiger partial charge on any atom is 0.242 e. The standard InChI is InChI=1S/C33H34N4O5S/c1-22-8-7-11-25(18-22)37-33-30(31(34-37)23-9-5-4-6-10-23)32(24-12-13-26(40-2)27(19-24)41-3)43-21-29(39)36(33)20-28(38)35-14-16-42-17-15-35/h4-13,18-19,32H,14-17,20-21H2,1-3H3/t32-/m1/s1. The van der Waals surface area contributed by atoms with E-state index in [0.29, 0.717) is 43.6 Å². The lowest BCUT2D eigenvalue weighted by molar-refractivity contribution is -0.134. The third kappa shape index (κ3) is 5.72. The van der Waals surface area contributed by atoms with Gasteiger partial charge in [-0.3, -0.25) is 14.5 Å². The Hall–Kier alpha value is -4.28. The van der Waals surface area contributed by atoms with Gasteiger partial charge in [0.05, 0.1) is 49.8 Å². The normalized spacial score (nSPS) is 16.9. The van der Waals surface area contributed by atoms with Crippen LogP contribution >= 0.6 is 11.8 Å². The molecule has 0 bridgehead atoms. The van der Waals surface area contributed by atoms with E-state index >= 15 is 0 Å². The minimum Gasteiger partial charge on any atom is -0.493 e. The molecule has 2 aliphatic rings. The van der Waals surface area contributed by atoms with Crippen LogP contribution in [-0.2, 0) is 14.3 Å². The van der Waals surface area contributed by atoms with E-state index in [0.717, 1.165) is 33.6 Å². The molecule has 1 aromatic heterocycles. The van der Waals surface area contributed by atoms with Gasteiger partial charge in [0, 0.05) is 24.2 Å². The van der Waals surface area contributed by atoms with Crippen molar-refractivity contribution in [2.75, 3.05) is 57.7 Å². The van der Waals surface area contributed by atoms with Crippen LogP contribution in [0.2, 0.25) is 0 Å². The largest absolute Gasteiger partial charge is 0.493 e. The van der Waals surface area contributed by atoms with E-state index in [4.69, 9.17) is 19.3 Å². The quantitative estimate of drug-likeness (QED) is 0.299. The molecule has 0 aliphatic carbocycles. The van der Waals surface area contributed by atoms with E-state index in [1.807, 2.05) is 84.4 Å². The fourth-order valence-electron chi connectivity index (χ4n) is 5.60. The zero-order valence-corrected chi connectivity index (χ0v) is 25.3. The molecule has 9 nitrogen and oxygen atoms in total. The van der Waals surface area contributed by atoms with Gasteiger partial charge in [0.2, 0.25) is 11.8 Å². The number of hydrogen-bond donors (Lipinski definition) is 0. The molecule has 0 unspecified atom stereocenters. The number of amides is 2. The van der Waals surface area contributed by atoms with Crippen LogP contribution in [0.4, 0.5) is 5.82 Å². The third-order valence-corrected chi connectivity index (χ3v) is 9.00. The molecule has 1 atom stereocenters. The molecule has 0 N–H and O–H groups in total. The average molecular weight is 599 g/mol. The molecule has 10 heteroatoms. The first kappa shape index (κ1) is 28.8. The van der Waals surface area contributed by atoms with Gasteiger partial charge in [-0.25, -0.2) is 4.68 Å². The number of hydrogen-bond acceptors (Lipinski definition) is 7. The number of nitrogens with zero attached hydrogens (tertiary/aromatic N) is 4. The van der Waals surface area contributed by atoms with Gasteiger partial charge < -0.3 is 19.1 Å². The van der Waals surface area contributed by atoms with Crippen molar-refractivity contribution in [2.24, 2.45) is 0 Å². The molecule has 222 valence electrons. The zero-order valence-electron chi connectivity index (χ0n) is 24.5. The van der Waals surface area contributed by atoms with Gasteiger partial charge in [0.1, 0.15) is 12.4 Å². The number of ether oxygens (including phenoxy) is 3. The fourth-order valence-corrected chi connectivity index (χ4v) is 6.78. The highest BCUT2D eigenvalue weighted by atomic mass is 32.2. The van der Waals surface area contributed by atoms with Gasteiger partial charge in [0.25, 0.3) is 0 Å². The SMILES string of the molecule is COc1ccc([C@H]2SCC(=O)N(CC(=O)N3CCOCC3)c3c2c(-c2ccccc2)nn3-c2cccc(C)c2)cc1OC. The first-order chi connectivity index (χ1) is 21.0. The molecule has 2 amide bonds. The predicted octanol–water partition coefficient (Wildman–Crippen LogP) is 4.89. The van der Waals surface area contributed by atoms with Gasteiger partial charge in [0.15, 0.2) is 11.5 Å². The lowest BCUT2D eigenvalue weighted by Crippen LogP contribution is -2.48. The number of carbonyl (C=O) groups excluding carboxylic acids is 2. The predicted molar refractivity (Wildman–Crippen MR) is 167 cm³/mol. The van der Waals surface area contributed by atoms with E-state index in [9.17, 15) is 9.59 Å². The van der Waals surface area contributed by atoms with Crippen LogP contribution < -0.4 is 14.4 Å². The summed E-state index contributed by atoms with van der Waals surface area (Å²) in [5, 5.41) is 4.90. The summed E-state index contributed by atoms with van der Waals surface area (Å²) in [5.74, 6) is 1.74. The van der Waals surface area contributed by atoms with Crippen LogP contribution in [0.3, 0.4) is 0 Å². The zero-order chi connectivity index (χ0) is 29.9. The van der Waals surface area contributed by atoms with Gasteiger partial charge >= 0.3 is 0 Å². The van der Waals surface area contributed by atoms with Crippen LogP contribution in [0, 0.1) is 6.92 Å². The van der Waals surface area contributed by atoms with Crippen molar-refractivity contribution in [3.8, 4) is 28.4 Å². The molecule has 3 aromatic carbocycles. The summed E-state index contributed by atoms with van der Waals surface area (Å²) >= 11 is 1.52. The van der Waals surface area contributed by atoms with Crippen molar-refractivity contribution in [1.29, 1.82) is 0 Å². The molecule has 2 aliphatic heterocycles. The molecular formula is C33H34N4O5S. The molecule has 6 rings (SSSR count). The minimum absolute atomic E-state index is 0.0865. The Bertz CT molecular complexity index is 1630. The molecule has 0 spiro atoms. The third-order valence-electron chi connectivity index (χ3n) is 7.75. The van der Waals surface area contributed by atoms with E-state index < -0.39 is 0 Å². The van der Waals surface area contributed by atoms with E-state index in [1.165, 1.54) is 11.8 Å².